The van der Waals surface area contributed by atoms with E-state index in [1.165, 1.54) is 0 Å². The van der Waals surface area contributed by atoms with Gasteiger partial charge in [0.1, 0.15) is 5.69 Å². The minimum atomic E-state index is -4.46. The maximum Gasteiger partial charge on any atom is 0.433 e. The Labute approximate surface area is 129 Å². The van der Waals surface area contributed by atoms with Gasteiger partial charge < -0.3 is 0 Å². The zero-order valence-electron chi connectivity index (χ0n) is 11.1. The van der Waals surface area contributed by atoms with E-state index in [9.17, 15) is 13.2 Å². The van der Waals surface area contributed by atoms with Crippen LogP contribution in [-0.2, 0) is 19.0 Å². The molecule has 0 N–H and O–H groups in total. The van der Waals surface area contributed by atoms with Crippen molar-refractivity contribution >= 4 is 23.4 Å². The molecule has 0 spiro atoms. The third-order valence-electron chi connectivity index (χ3n) is 2.81. The summed E-state index contributed by atoms with van der Waals surface area (Å²) >= 11 is 6.89. The quantitative estimate of drug-likeness (QED) is 0.601. The number of thioether (sulfide) groups is 1. The van der Waals surface area contributed by atoms with E-state index < -0.39 is 11.9 Å². The third kappa shape index (κ3) is 4.61. The molecule has 0 atom stereocenters. The van der Waals surface area contributed by atoms with E-state index in [1.807, 2.05) is 12.1 Å². The van der Waals surface area contributed by atoms with Crippen molar-refractivity contribution in [3.05, 3.63) is 52.3 Å². The highest BCUT2D eigenvalue weighted by molar-refractivity contribution is 7.98. The van der Waals surface area contributed by atoms with Gasteiger partial charge in [0.25, 0.3) is 0 Å². The highest BCUT2D eigenvalue weighted by Crippen LogP contribution is 2.29. The smallest absolute Gasteiger partial charge is 0.228 e. The zero-order valence-corrected chi connectivity index (χ0v) is 12.7. The first-order valence-corrected chi connectivity index (χ1v) is 7.72. The SMILES string of the molecule is CSc1nc(CCc2ccc(Cl)cc2)cc(C(F)(F)F)n1. The van der Waals surface area contributed by atoms with Gasteiger partial charge in [-0.1, -0.05) is 35.5 Å². The summed E-state index contributed by atoms with van der Waals surface area (Å²) in [7, 11) is 0. The van der Waals surface area contributed by atoms with Crippen LogP contribution in [-0.4, -0.2) is 16.2 Å². The van der Waals surface area contributed by atoms with E-state index in [4.69, 9.17) is 11.6 Å². The minimum absolute atomic E-state index is 0.135. The van der Waals surface area contributed by atoms with Gasteiger partial charge in [-0.15, -0.1) is 0 Å². The number of nitrogens with zero attached hydrogens (tertiary/aromatic N) is 2. The first-order valence-electron chi connectivity index (χ1n) is 6.12. The monoisotopic (exact) mass is 332 g/mol. The molecule has 0 aliphatic carbocycles. The minimum Gasteiger partial charge on any atom is -0.228 e. The Balaban J connectivity index is 2.17. The molecule has 21 heavy (non-hydrogen) atoms. The normalized spacial score (nSPS) is 11.7. The Hall–Kier alpha value is -1.27. The summed E-state index contributed by atoms with van der Waals surface area (Å²) in [6.45, 7) is 0. The van der Waals surface area contributed by atoms with Gasteiger partial charge >= 0.3 is 6.18 Å². The van der Waals surface area contributed by atoms with Gasteiger partial charge in [0.15, 0.2) is 5.16 Å². The van der Waals surface area contributed by atoms with Gasteiger partial charge in [-0.05, 0) is 42.9 Å². The van der Waals surface area contributed by atoms with Gasteiger partial charge in [0.05, 0.1) is 0 Å². The third-order valence-corrected chi connectivity index (χ3v) is 3.61. The number of benzene rings is 1. The second-order valence-electron chi connectivity index (χ2n) is 4.36. The predicted octanol–water partition coefficient (Wildman–Crippen LogP) is 4.66. The Bertz CT molecular complexity index is 615. The summed E-state index contributed by atoms with van der Waals surface area (Å²) in [6, 6.07) is 8.22. The van der Waals surface area contributed by atoms with Gasteiger partial charge in [-0.25, -0.2) is 9.97 Å². The lowest BCUT2D eigenvalue weighted by molar-refractivity contribution is -0.141. The summed E-state index contributed by atoms with van der Waals surface area (Å²) in [6.07, 6.45) is -1.79. The second kappa shape index (κ2) is 6.66. The molecule has 0 unspecified atom stereocenters. The van der Waals surface area contributed by atoms with Gasteiger partial charge in [-0.2, -0.15) is 13.2 Å². The van der Waals surface area contributed by atoms with Crippen LogP contribution in [0.3, 0.4) is 0 Å². The van der Waals surface area contributed by atoms with E-state index >= 15 is 0 Å². The molecule has 2 rings (SSSR count). The average molecular weight is 333 g/mol. The molecule has 0 aliphatic heterocycles. The maximum absolute atomic E-state index is 12.8. The molecule has 7 heteroatoms. The van der Waals surface area contributed by atoms with Crippen molar-refractivity contribution in [2.24, 2.45) is 0 Å². The van der Waals surface area contributed by atoms with Crippen LogP contribution in [0.4, 0.5) is 13.2 Å². The molecule has 0 bridgehead atoms. The molecule has 0 radical (unpaired) electrons. The number of hydrogen-bond donors (Lipinski definition) is 0. The van der Waals surface area contributed by atoms with Gasteiger partial charge in [0, 0.05) is 10.7 Å². The summed E-state index contributed by atoms with van der Waals surface area (Å²) in [5, 5.41) is 0.765. The molecule has 0 fully saturated rings. The van der Waals surface area contributed by atoms with Gasteiger partial charge in [-0.3, -0.25) is 0 Å². The summed E-state index contributed by atoms with van der Waals surface area (Å²) in [5.74, 6) is 0. The standard InChI is InChI=1S/C14H12ClF3N2S/c1-21-13-19-11(8-12(20-13)14(16,17)18)7-4-9-2-5-10(15)6-3-9/h2-3,5-6,8H,4,7H2,1H3. The lowest BCUT2D eigenvalue weighted by atomic mass is 10.1. The van der Waals surface area contributed by atoms with Crippen LogP contribution in [0.5, 0.6) is 0 Å². The van der Waals surface area contributed by atoms with Crippen LogP contribution < -0.4 is 0 Å². The summed E-state index contributed by atoms with van der Waals surface area (Å²) in [4.78, 5) is 7.62. The molecule has 0 aliphatic rings. The topological polar surface area (TPSA) is 25.8 Å². The first-order chi connectivity index (χ1) is 9.88. The molecule has 2 aromatic rings. The van der Waals surface area contributed by atoms with E-state index in [1.54, 1.807) is 18.4 Å². The largest absolute Gasteiger partial charge is 0.433 e. The van der Waals surface area contributed by atoms with E-state index in [0.717, 1.165) is 23.4 Å². The van der Waals surface area contributed by atoms with Crippen molar-refractivity contribution in [3.63, 3.8) is 0 Å². The molecule has 0 amide bonds. The molecule has 112 valence electrons. The fourth-order valence-corrected chi connectivity index (χ4v) is 2.29. The Morgan fingerprint density at radius 2 is 1.76 bits per heavy atom. The van der Waals surface area contributed by atoms with Crippen LogP contribution in [0.1, 0.15) is 17.0 Å². The first kappa shape index (κ1) is 16.1. The highest BCUT2D eigenvalue weighted by atomic mass is 35.5. The average Bonchev–Trinajstić information content (AvgIpc) is 2.45. The number of aryl methyl sites for hydroxylation is 2. The van der Waals surface area contributed by atoms with Crippen molar-refractivity contribution in [1.29, 1.82) is 0 Å². The molecular formula is C14H12ClF3N2S. The van der Waals surface area contributed by atoms with Crippen LogP contribution >= 0.6 is 23.4 Å². The molecule has 0 saturated carbocycles. The van der Waals surface area contributed by atoms with Crippen molar-refractivity contribution in [2.45, 2.75) is 24.2 Å². The molecule has 1 aromatic carbocycles. The Morgan fingerprint density at radius 1 is 1.10 bits per heavy atom. The predicted molar refractivity (Wildman–Crippen MR) is 77.7 cm³/mol. The highest BCUT2D eigenvalue weighted by Gasteiger charge is 2.33. The van der Waals surface area contributed by atoms with Crippen molar-refractivity contribution in [2.75, 3.05) is 6.26 Å². The Kier molecular flexibility index (Phi) is 5.11. The van der Waals surface area contributed by atoms with Crippen molar-refractivity contribution in [3.8, 4) is 0 Å². The van der Waals surface area contributed by atoms with E-state index in [2.05, 4.69) is 9.97 Å². The second-order valence-corrected chi connectivity index (χ2v) is 5.57. The molecular weight excluding hydrogens is 321 g/mol. The molecule has 2 nitrogen and oxygen atoms in total. The van der Waals surface area contributed by atoms with Crippen LogP contribution in [0.15, 0.2) is 35.5 Å². The molecule has 1 heterocycles. The fraction of sp³-hybridized carbons (Fsp3) is 0.286. The lowest BCUT2D eigenvalue weighted by Crippen LogP contribution is -2.11. The van der Waals surface area contributed by atoms with Crippen LogP contribution in [0.2, 0.25) is 5.02 Å². The summed E-state index contributed by atoms with van der Waals surface area (Å²) in [5.41, 5.74) is 0.488. The number of aromatic nitrogens is 2. The maximum atomic E-state index is 12.8. The van der Waals surface area contributed by atoms with E-state index in [-0.39, 0.29) is 5.16 Å². The molecule has 0 saturated heterocycles. The number of rotatable bonds is 4. The van der Waals surface area contributed by atoms with Crippen molar-refractivity contribution < 1.29 is 13.2 Å². The summed E-state index contributed by atoms with van der Waals surface area (Å²) < 4.78 is 38.3. The van der Waals surface area contributed by atoms with Crippen molar-refractivity contribution in [1.82, 2.24) is 9.97 Å². The van der Waals surface area contributed by atoms with Crippen LogP contribution in [0, 0.1) is 0 Å². The zero-order chi connectivity index (χ0) is 15.5. The van der Waals surface area contributed by atoms with Gasteiger partial charge in [0.2, 0.25) is 0 Å². The number of hydrogen-bond acceptors (Lipinski definition) is 3. The number of halogens is 4. The lowest BCUT2D eigenvalue weighted by Gasteiger charge is -2.09. The Morgan fingerprint density at radius 3 is 2.33 bits per heavy atom. The van der Waals surface area contributed by atoms with E-state index in [0.29, 0.717) is 23.6 Å². The van der Waals surface area contributed by atoms with Crippen LogP contribution in [0.25, 0.3) is 0 Å². The number of alkyl halides is 3. The molecule has 1 aromatic heterocycles. The fourth-order valence-electron chi connectivity index (χ4n) is 1.76.